The van der Waals surface area contributed by atoms with Crippen LogP contribution in [0.3, 0.4) is 0 Å². The fourth-order valence-corrected chi connectivity index (χ4v) is 2.71. The summed E-state index contributed by atoms with van der Waals surface area (Å²) in [6, 6.07) is 0. The Kier molecular flexibility index (Phi) is 3.55. The smallest absolute Gasteiger partial charge is 0.315 e. The number of aromatic amines is 1. The van der Waals surface area contributed by atoms with Gasteiger partial charge >= 0.3 is 5.69 Å². The maximum Gasteiger partial charge on any atom is 0.332 e. The number of hydrogen-bond acceptors (Lipinski definition) is 5. The third-order valence-electron chi connectivity index (χ3n) is 3.98. The van der Waals surface area contributed by atoms with Gasteiger partial charge in [0.1, 0.15) is 0 Å². The summed E-state index contributed by atoms with van der Waals surface area (Å²) in [5, 5.41) is 10.1. The Bertz CT molecular complexity index is 844. The fraction of sp³-hybridized carbons (Fsp3) is 0.615. The maximum atomic E-state index is 12.1. The molecule has 2 aromatic rings. The molecule has 9 heteroatoms. The molecule has 0 saturated carbocycles. The van der Waals surface area contributed by atoms with Gasteiger partial charge in [0.2, 0.25) is 0 Å². The first-order valence-electron chi connectivity index (χ1n) is 7.29. The van der Waals surface area contributed by atoms with Gasteiger partial charge in [0.25, 0.3) is 11.5 Å². The number of aromatic nitrogens is 4. The average Bonchev–Trinajstić information content (AvgIpc) is 2.93. The van der Waals surface area contributed by atoms with Gasteiger partial charge in [0.15, 0.2) is 11.2 Å². The highest BCUT2D eigenvalue weighted by Crippen LogP contribution is 2.17. The number of nitrogens with zero attached hydrogens (tertiary/aromatic N) is 6. The lowest BCUT2D eigenvalue weighted by Gasteiger charge is -2.26. The van der Waals surface area contributed by atoms with Crippen LogP contribution in [-0.4, -0.2) is 37.2 Å². The lowest BCUT2D eigenvalue weighted by Crippen LogP contribution is -2.36. The van der Waals surface area contributed by atoms with Crippen LogP contribution in [-0.2, 0) is 14.1 Å². The summed E-state index contributed by atoms with van der Waals surface area (Å²) in [4.78, 5) is 30.9. The van der Waals surface area contributed by atoms with Crippen LogP contribution >= 0.6 is 0 Å². The molecule has 2 aromatic heterocycles. The highest BCUT2D eigenvalue weighted by molar-refractivity contribution is 5.71. The van der Waals surface area contributed by atoms with Crippen molar-refractivity contribution in [2.45, 2.75) is 19.8 Å². The largest absolute Gasteiger partial charge is 0.332 e. The van der Waals surface area contributed by atoms with Crippen LogP contribution in [0.15, 0.2) is 19.9 Å². The molecule has 0 bridgehead atoms. The minimum absolute atomic E-state index is 0.228. The summed E-state index contributed by atoms with van der Waals surface area (Å²) in [5.74, 6) is 0.822. The predicted octanol–water partition coefficient (Wildman–Crippen LogP) is 0.691. The number of rotatable bonds is 2. The molecule has 1 fully saturated rings. The van der Waals surface area contributed by atoms with Gasteiger partial charge in [0, 0.05) is 27.2 Å². The Labute approximate surface area is 126 Å². The Balaban J connectivity index is 1.96. The topological polar surface area (TPSA) is 101 Å². The summed E-state index contributed by atoms with van der Waals surface area (Å²) >= 11 is 0. The second-order valence-electron chi connectivity index (χ2n) is 5.81. The van der Waals surface area contributed by atoms with Crippen molar-refractivity contribution >= 4 is 17.1 Å². The van der Waals surface area contributed by atoms with Crippen molar-refractivity contribution in [3.05, 3.63) is 20.8 Å². The Morgan fingerprint density at radius 2 is 2.05 bits per heavy atom. The highest BCUT2D eigenvalue weighted by Gasteiger charge is 2.16. The van der Waals surface area contributed by atoms with Crippen LogP contribution in [0.5, 0.6) is 0 Å². The average molecular weight is 305 g/mol. The molecule has 1 N–H and O–H groups in total. The summed E-state index contributed by atoms with van der Waals surface area (Å²) in [6.45, 7) is 3.92. The second-order valence-corrected chi connectivity index (χ2v) is 5.81. The van der Waals surface area contributed by atoms with E-state index in [2.05, 4.69) is 27.2 Å². The molecular weight excluding hydrogens is 286 g/mol. The van der Waals surface area contributed by atoms with E-state index in [1.807, 2.05) is 5.01 Å². The van der Waals surface area contributed by atoms with Crippen molar-refractivity contribution in [2.24, 2.45) is 30.4 Å². The van der Waals surface area contributed by atoms with Crippen LogP contribution < -0.4 is 11.2 Å². The quantitative estimate of drug-likeness (QED) is 0.825. The third-order valence-corrected chi connectivity index (χ3v) is 3.98. The molecule has 0 radical (unpaired) electrons. The predicted molar refractivity (Wildman–Crippen MR) is 81.1 cm³/mol. The summed E-state index contributed by atoms with van der Waals surface area (Å²) in [5.41, 5.74) is -0.296. The van der Waals surface area contributed by atoms with Gasteiger partial charge in [-0.3, -0.25) is 18.9 Å². The molecule has 0 aromatic carbocycles. The fourth-order valence-electron chi connectivity index (χ4n) is 2.71. The van der Waals surface area contributed by atoms with Crippen LogP contribution in [0.25, 0.3) is 11.2 Å². The second kappa shape index (κ2) is 5.39. The number of imidazole rings is 1. The molecule has 1 saturated heterocycles. The van der Waals surface area contributed by atoms with Crippen molar-refractivity contribution < 1.29 is 0 Å². The van der Waals surface area contributed by atoms with E-state index in [0.29, 0.717) is 5.92 Å². The maximum absolute atomic E-state index is 12.1. The molecule has 9 nitrogen and oxygen atoms in total. The van der Waals surface area contributed by atoms with E-state index in [4.69, 9.17) is 0 Å². The van der Waals surface area contributed by atoms with E-state index in [1.165, 1.54) is 18.0 Å². The van der Waals surface area contributed by atoms with Crippen LogP contribution in [0.2, 0.25) is 0 Å². The molecule has 1 atom stereocenters. The van der Waals surface area contributed by atoms with Gasteiger partial charge in [-0.25, -0.2) is 4.79 Å². The molecule has 0 spiro atoms. The summed E-state index contributed by atoms with van der Waals surface area (Å²) in [6.07, 6.45) is 2.30. The van der Waals surface area contributed by atoms with Gasteiger partial charge in [-0.15, -0.1) is 0 Å². The minimum Gasteiger partial charge on any atom is -0.315 e. The van der Waals surface area contributed by atoms with Crippen molar-refractivity contribution in [3.63, 3.8) is 0 Å². The van der Waals surface area contributed by atoms with Gasteiger partial charge in [-0.2, -0.15) is 4.98 Å². The zero-order valence-electron chi connectivity index (χ0n) is 12.9. The van der Waals surface area contributed by atoms with E-state index in [1.54, 1.807) is 7.05 Å². The van der Waals surface area contributed by atoms with Crippen molar-refractivity contribution in [1.82, 2.24) is 24.1 Å². The zero-order valence-corrected chi connectivity index (χ0v) is 12.9. The van der Waals surface area contributed by atoms with Gasteiger partial charge < -0.3 is 4.98 Å². The number of aryl methyl sites for hydroxylation is 1. The first-order valence-corrected chi connectivity index (χ1v) is 7.29. The molecule has 1 aliphatic rings. The van der Waals surface area contributed by atoms with Gasteiger partial charge in [-0.05, 0) is 18.8 Å². The van der Waals surface area contributed by atoms with Crippen molar-refractivity contribution in [1.29, 1.82) is 0 Å². The number of fused-ring (bicyclic) bond motifs is 1. The monoisotopic (exact) mass is 305 g/mol. The molecule has 3 rings (SSSR count). The highest BCUT2D eigenvalue weighted by atomic mass is 16.2. The van der Waals surface area contributed by atoms with Gasteiger partial charge in [0.05, 0.1) is 0 Å². The molecule has 118 valence electrons. The number of nitrogens with one attached hydrogen (secondary N) is 1. The first-order chi connectivity index (χ1) is 10.5. The summed E-state index contributed by atoms with van der Waals surface area (Å²) < 4.78 is 2.35. The number of hydrogen-bond donors (Lipinski definition) is 1. The molecule has 0 aliphatic carbocycles. The zero-order chi connectivity index (χ0) is 15.9. The SMILES string of the molecule is C[C@H]1CCCN(N=Nc2nc3c([nH]2)c(=O)n(C)c(=O)n3C)C1. The Morgan fingerprint density at radius 1 is 1.27 bits per heavy atom. The molecule has 22 heavy (non-hydrogen) atoms. The molecule has 0 unspecified atom stereocenters. The van der Waals surface area contributed by atoms with E-state index in [9.17, 15) is 9.59 Å². The Morgan fingerprint density at radius 3 is 2.77 bits per heavy atom. The van der Waals surface area contributed by atoms with Crippen LogP contribution in [0.1, 0.15) is 19.8 Å². The van der Waals surface area contributed by atoms with Gasteiger partial charge in [-0.1, -0.05) is 17.3 Å². The standard InChI is InChI=1S/C13H19N7O2/c1-8-5-4-6-20(7-8)17-16-12-14-9-10(15-12)18(2)13(22)19(3)11(9)21/h8H,4-7H2,1-3H3,(H,14,15)/t8-/m0/s1. The normalized spacial score (nSPS) is 19.4. The summed E-state index contributed by atoms with van der Waals surface area (Å²) in [7, 11) is 3.00. The van der Waals surface area contributed by atoms with Crippen molar-refractivity contribution in [3.8, 4) is 0 Å². The van der Waals surface area contributed by atoms with E-state index >= 15 is 0 Å². The van der Waals surface area contributed by atoms with E-state index < -0.39 is 11.2 Å². The van der Waals surface area contributed by atoms with Crippen LogP contribution in [0.4, 0.5) is 5.95 Å². The van der Waals surface area contributed by atoms with E-state index in [0.717, 1.165) is 24.1 Å². The molecular formula is C13H19N7O2. The Hall–Kier alpha value is -2.45. The van der Waals surface area contributed by atoms with E-state index in [-0.39, 0.29) is 17.1 Å². The first kappa shape index (κ1) is 14.5. The number of H-pyrrole nitrogens is 1. The molecule has 1 aliphatic heterocycles. The van der Waals surface area contributed by atoms with Crippen LogP contribution in [0, 0.1) is 5.92 Å². The third kappa shape index (κ3) is 2.42. The molecule has 0 amide bonds. The lowest BCUT2D eigenvalue weighted by molar-refractivity contribution is 0.179. The minimum atomic E-state index is -0.419. The molecule has 3 heterocycles. The lowest BCUT2D eigenvalue weighted by atomic mass is 10.0. The van der Waals surface area contributed by atoms with Crippen molar-refractivity contribution in [2.75, 3.05) is 13.1 Å². The number of piperidine rings is 1.